The van der Waals surface area contributed by atoms with Crippen molar-refractivity contribution in [1.82, 2.24) is 10.0 Å². The normalized spacial score (nSPS) is 20.1. The molecule has 0 radical (unpaired) electrons. The van der Waals surface area contributed by atoms with Crippen molar-refractivity contribution < 1.29 is 24.2 Å². The maximum absolute atomic E-state index is 12.6. The molecule has 1 aliphatic rings. The van der Waals surface area contributed by atoms with E-state index in [-0.39, 0.29) is 6.54 Å². The molecule has 1 saturated heterocycles. The van der Waals surface area contributed by atoms with Crippen LogP contribution in [-0.2, 0) is 14.3 Å². The molecule has 0 aromatic carbocycles. The van der Waals surface area contributed by atoms with Gasteiger partial charge in [-0.1, -0.05) is 31.9 Å². The molecule has 0 aromatic heterocycles. The fourth-order valence-corrected chi connectivity index (χ4v) is 3.75. The Bertz CT molecular complexity index is 467. The first kappa shape index (κ1) is 20.2. The Morgan fingerprint density at radius 1 is 1.35 bits per heavy atom. The van der Waals surface area contributed by atoms with Crippen LogP contribution in [0.5, 0.6) is 0 Å². The van der Waals surface area contributed by atoms with Crippen molar-refractivity contribution in [1.29, 1.82) is 0 Å². The van der Waals surface area contributed by atoms with Crippen molar-refractivity contribution in [3.05, 3.63) is 0 Å². The highest BCUT2D eigenvalue weighted by atomic mass is 79.9. The van der Waals surface area contributed by atoms with Gasteiger partial charge in [0.15, 0.2) is 6.04 Å². The second-order valence-corrected chi connectivity index (χ2v) is 8.12. The fraction of sp³-hybridized carbons (Fsp3) is 0.786. The topological polar surface area (TPSA) is 87.2 Å². The molecule has 0 saturated carbocycles. The number of hydrazine groups is 1. The average Bonchev–Trinajstić information content (AvgIpc) is 2.44. The number of halogens is 2. The second kappa shape index (κ2) is 8.32. The molecule has 7 nitrogen and oxygen atoms in total. The van der Waals surface area contributed by atoms with Gasteiger partial charge in [-0.05, 0) is 40.0 Å². The highest BCUT2D eigenvalue weighted by Crippen LogP contribution is 2.25. The van der Waals surface area contributed by atoms with Crippen LogP contribution in [0.25, 0.3) is 0 Å². The first-order chi connectivity index (χ1) is 10.6. The first-order valence-corrected chi connectivity index (χ1v) is 9.38. The molecule has 1 aliphatic heterocycles. The van der Waals surface area contributed by atoms with E-state index in [0.29, 0.717) is 24.6 Å². The van der Waals surface area contributed by atoms with E-state index < -0.39 is 34.4 Å². The van der Waals surface area contributed by atoms with Gasteiger partial charge < -0.3 is 9.84 Å². The Balaban J connectivity index is 3.07. The third kappa shape index (κ3) is 5.63. The molecular formula is C14H22Br2N2O5. The summed E-state index contributed by atoms with van der Waals surface area (Å²) in [6.07, 6.45) is 0.0818. The standard InChI is InChI=1S/C14H22Br2N2O5/c1-14(2,3)23-12(20)10-5-4-8-17(13(21)22)18(10)11(19)9(16)6-7-15/h9-10H,4-8H2,1-3H3,(H,21,22). The van der Waals surface area contributed by atoms with Crippen LogP contribution in [0.1, 0.15) is 40.0 Å². The highest BCUT2D eigenvalue weighted by Gasteiger charge is 2.43. The number of alkyl halides is 2. The van der Waals surface area contributed by atoms with Crippen LogP contribution < -0.4 is 0 Å². The van der Waals surface area contributed by atoms with E-state index in [1.807, 2.05) is 0 Å². The van der Waals surface area contributed by atoms with E-state index in [0.717, 1.165) is 10.0 Å². The zero-order valence-corrected chi connectivity index (χ0v) is 16.6. The minimum absolute atomic E-state index is 0.175. The SMILES string of the molecule is CC(C)(C)OC(=O)C1CCCN(C(=O)O)N1C(=O)C(Br)CCBr. The smallest absolute Gasteiger partial charge is 0.426 e. The molecule has 132 valence electrons. The second-order valence-electron chi connectivity index (χ2n) is 6.23. The summed E-state index contributed by atoms with van der Waals surface area (Å²) in [6, 6.07) is -0.929. The molecule has 0 spiro atoms. The van der Waals surface area contributed by atoms with Gasteiger partial charge in [-0.15, -0.1) is 0 Å². The number of esters is 1. The largest absolute Gasteiger partial charge is 0.464 e. The lowest BCUT2D eigenvalue weighted by Crippen LogP contribution is -2.62. The monoisotopic (exact) mass is 456 g/mol. The maximum atomic E-state index is 12.6. The van der Waals surface area contributed by atoms with Gasteiger partial charge in [0.2, 0.25) is 0 Å². The van der Waals surface area contributed by atoms with E-state index in [1.165, 1.54) is 0 Å². The molecule has 0 bridgehead atoms. The molecular weight excluding hydrogens is 436 g/mol. The van der Waals surface area contributed by atoms with Gasteiger partial charge >= 0.3 is 12.1 Å². The van der Waals surface area contributed by atoms with Gasteiger partial charge in [-0.2, -0.15) is 0 Å². The number of carboxylic acid groups (broad SMARTS) is 1. The van der Waals surface area contributed by atoms with Crippen molar-refractivity contribution >= 4 is 49.8 Å². The van der Waals surface area contributed by atoms with Crippen molar-refractivity contribution in [2.45, 2.75) is 56.5 Å². The van der Waals surface area contributed by atoms with Crippen LogP contribution in [0.2, 0.25) is 0 Å². The number of amides is 2. The summed E-state index contributed by atoms with van der Waals surface area (Å²) in [5, 5.41) is 11.9. The van der Waals surface area contributed by atoms with Gasteiger partial charge in [0.05, 0.1) is 4.83 Å². The molecule has 0 aromatic rings. The number of carbonyl (C=O) groups excluding carboxylic acids is 2. The minimum atomic E-state index is -1.26. The molecule has 9 heteroatoms. The summed E-state index contributed by atoms with van der Waals surface area (Å²) in [4.78, 5) is 35.9. The van der Waals surface area contributed by atoms with E-state index in [1.54, 1.807) is 20.8 Å². The molecule has 23 heavy (non-hydrogen) atoms. The lowest BCUT2D eigenvalue weighted by atomic mass is 10.1. The lowest BCUT2D eigenvalue weighted by molar-refractivity contribution is -0.180. The molecule has 1 fully saturated rings. The number of hydrogen-bond donors (Lipinski definition) is 1. The third-order valence-corrected chi connectivity index (χ3v) is 4.47. The summed E-state index contributed by atoms with van der Waals surface area (Å²) in [6.45, 7) is 5.36. The van der Waals surface area contributed by atoms with Crippen LogP contribution in [0.15, 0.2) is 0 Å². The Hall–Kier alpha value is -0.830. The van der Waals surface area contributed by atoms with E-state index in [9.17, 15) is 19.5 Å². The van der Waals surface area contributed by atoms with E-state index in [2.05, 4.69) is 31.9 Å². The zero-order valence-electron chi connectivity index (χ0n) is 13.4. The van der Waals surface area contributed by atoms with E-state index >= 15 is 0 Å². The Labute approximate surface area is 152 Å². The number of nitrogens with zero attached hydrogens (tertiary/aromatic N) is 2. The fourth-order valence-electron chi connectivity index (χ4n) is 2.24. The zero-order chi connectivity index (χ0) is 17.8. The van der Waals surface area contributed by atoms with Crippen molar-refractivity contribution in [3.63, 3.8) is 0 Å². The van der Waals surface area contributed by atoms with Gasteiger partial charge in [0, 0.05) is 11.9 Å². The van der Waals surface area contributed by atoms with Gasteiger partial charge in [0.25, 0.3) is 5.91 Å². The minimum Gasteiger partial charge on any atom is -0.464 e. The van der Waals surface area contributed by atoms with Crippen LogP contribution in [0, 0.1) is 0 Å². The predicted molar refractivity (Wildman–Crippen MR) is 91.6 cm³/mol. The number of rotatable bonds is 4. The molecule has 1 N–H and O–H groups in total. The summed E-state index contributed by atoms with van der Waals surface area (Å²) in [5.41, 5.74) is -0.707. The first-order valence-electron chi connectivity index (χ1n) is 7.35. The average molecular weight is 458 g/mol. The van der Waals surface area contributed by atoms with Crippen LogP contribution in [0.4, 0.5) is 4.79 Å². The Kier molecular flexibility index (Phi) is 7.31. The van der Waals surface area contributed by atoms with Crippen molar-refractivity contribution in [3.8, 4) is 0 Å². The molecule has 2 amide bonds. The maximum Gasteiger partial charge on any atom is 0.426 e. The van der Waals surface area contributed by atoms with Gasteiger partial charge in [0.1, 0.15) is 5.60 Å². The molecule has 1 heterocycles. The number of carbonyl (C=O) groups is 3. The summed E-state index contributed by atoms with van der Waals surface area (Å²) < 4.78 is 5.35. The van der Waals surface area contributed by atoms with Crippen molar-refractivity contribution in [2.75, 3.05) is 11.9 Å². The molecule has 2 atom stereocenters. The van der Waals surface area contributed by atoms with Gasteiger partial charge in [-0.25, -0.2) is 19.6 Å². The number of ether oxygens (including phenoxy) is 1. The summed E-state index contributed by atoms with van der Waals surface area (Å²) >= 11 is 6.51. The van der Waals surface area contributed by atoms with Crippen molar-refractivity contribution in [2.24, 2.45) is 0 Å². The van der Waals surface area contributed by atoms with E-state index in [4.69, 9.17) is 4.74 Å². The number of hydrogen-bond acceptors (Lipinski definition) is 4. The summed E-state index contributed by atoms with van der Waals surface area (Å²) in [7, 11) is 0. The summed E-state index contributed by atoms with van der Waals surface area (Å²) in [5.74, 6) is -1.04. The molecule has 1 rings (SSSR count). The van der Waals surface area contributed by atoms with Crippen LogP contribution >= 0.6 is 31.9 Å². The quantitative estimate of drug-likeness (QED) is 0.518. The highest BCUT2D eigenvalue weighted by molar-refractivity contribution is 9.10. The predicted octanol–water partition coefficient (Wildman–Crippen LogP) is 2.76. The Morgan fingerprint density at radius 2 is 1.96 bits per heavy atom. The van der Waals surface area contributed by atoms with Crippen LogP contribution in [0.3, 0.4) is 0 Å². The van der Waals surface area contributed by atoms with Gasteiger partial charge in [-0.3, -0.25) is 4.79 Å². The Morgan fingerprint density at radius 3 is 2.43 bits per heavy atom. The van der Waals surface area contributed by atoms with Crippen LogP contribution in [-0.4, -0.2) is 61.4 Å². The molecule has 2 unspecified atom stereocenters. The molecule has 0 aliphatic carbocycles. The third-order valence-electron chi connectivity index (χ3n) is 3.16. The lowest BCUT2D eigenvalue weighted by Gasteiger charge is -2.42.